The average Bonchev–Trinajstić information content (AvgIpc) is 2.55. The molecule has 1 fully saturated rings. The predicted molar refractivity (Wildman–Crippen MR) is 96.8 cm³/mol. The minimum absolute atomic E-state index is 0. The largest absolute Gasteiger partial charge is 0.507 e. The molecule has 0 bridgehead atoms. The second-order valence-electron chi connectivity index (χ2n) is 5.98. The van der Waals surface area contributed by atoms with Crippen LogP contribution >= 0.6 is 0 Å². The fourth-order valence-electron chi connectivity index (χ4n) is 3.26. The lowest BCUT2D eigenvalue weighted by Crippen LogP contribution is -2.29. The maximum Gasteiger partial charge on any atom is 0.142 e. The van der Waals surface area contributed by atoms with Gasteiger partial charge in [0, 0.05) is 12.1 Å². The number of aromatic nitrogens is 1. The number of piperidine rings is 1. The quantitative estimate of drug-likeness (QED) is 0.787. The molecule has 0 spiro atoms. The van der Waals surface area contributed by atoms with Crippen molar-refractivity contribution in [3.8, 4) is 23.1 Å². The van der Waals surface area contributed by atoms with Crippen molar-refractivity contribution in [2.75, 3.05) is 18.8 Å². The van der Waals surface area contributed by atoms with Crippen LogP contribution in [-0.4, -0.2) is 23.2 Å². The van der Waals surface area contributed by atoms with E-state index in [9.17, 15) is 10.4 Å². The highest BCUT2D eigenvalue weighted by Crippen LogP contribution is 2.36. The number of rotatable bonds is 2. The van der Waals surface area contributed by atoms with Gasteiger partial charge in [-0.05, 0) is 55.5 Å². The summed E-state index contributed by atoms with van der Waals surface area (Å²) < 4.78 is 0. The maximum atomic E-state index is 10.2. The van der Waals surface area contributed by atoms with Crippen LogP contribution in [0, 0.1) is 18.3 Å². The molecule has 1 unspecified atom stereocenters. The van der Waals surface area contributed by atoms with Gasteiger partial charge in [-0.1, -0.05) is 19.6 Å². The van der Waals surface area contributed by atoms with E-state index >= 15 is 0 Å². The first-order valence-electron chi connectivity index (χ1n) is 7.82. The number of nitriles is 1. The van der Waals surface area contributed by atoms with Crippen LogP contribution < -0.4 is 11.1 Å². The maximum absolute atomic E-state index is 10.2. The van der Waals surface area contributed by atoms with Crippen LogP contribution in [0.1, 0.15) is 42.9 Å². The first-order valence-corrected chi connectivity index (χ1v) is 7.82. The number of nitrogen functional groups attached to an aromatic ring is 1. The number of hydrogen-bond donors (Lipinski definition) is 3. The predicted octanol–water partition coefficient (Wildman–Crippen LogP) is 3.32. The second-order valence-corrected chi connectivity index (χ2v) is 5.98. The number of aryl methyl sites for hydroxylation is 1. The van der Waals surface area contributed by atoms with Gasteiger partial charge in [0.2, 0.25) is 0 Å². The smallest absolute Gasteiger partial charge is 0.142 e. The monoisotopic (exact) mass is 324 g/mol. The molecular weight excluding hydrogens is 300 g/mol. The Morgan fingerprint density at radius 2 is 2.21 bits per heavy atom. The van der Waals surface area contributed by atoms with E-state index in [-0.39, 0.29) is 24.9 Å². The lowest BCUT2D eigenvalue weighted by Gasteiger charge is -2.25. The minimum atomic E-state index is 0. The number of pyridine rings is 1. The number of phenols is 1. The summed E-state index contributed by atoms with van der Waals surface area (Å²) in [5.74, 6) is 0.649. The average molecular weight is 324 g/mol. The molecule has 0 radical (unpaired) electrons. The van der Waals surface area contributed by atoms with Crippen LogP contribution in [-0.2, 0) is 0 Å². The Balaban J connectivity index is 0.00000208. The first-order chi connectivity index (χ1) is 11.1. The number of benzene rings is 1. The van der Waals surface area contributed by atoms with E-state index in [1.807, 2.05) is 19.1 Å². The minimum Gasteiger partial charge on any atom is -0.507 e. The molecule has 0 saturated carbocycles. The molecule has 126 valence electrons. The number of phenolic OH excluding ortho intramolecular Hbond substituents is 1. The summed E-state index contributed by atoms with van der Waals surface area (Å²) >= 11 is 0. The number of aromatic hydroxyl groups is 1. The second kappa shape index (κ2) is 7.33. The molecule has 5 heteroatoms. The Labute approximate surface area is 143 Å². The normalized spacial score (nSPS) is 16.9. The lowest BCUT2D eigenvalue weighted by molar-refractivity contribution is 0.461. The van der Waals surface area contributed by atoms with E-state index in [1.165, 1.54) is 0 Å². The Morgan fingerprint density at radius 1 is 1.42 bits per heavy atom. The van der Waals surface area contributed by atoms with Crippen LogP contribution in [0.4, 0.5) is 5.82 Å². The molecule has 1 aromatic heterocycles. The Kier molecular flexibility index (Phi) is 5.42. The van der Waals surface area contributed by atoms with Gasteiger partial charge >= 0.3 is 0 Å². The molecule has 0 amide bonds. The molecule has 0 aliphatic carbocycles. The summed E-state index contributed by atoms with van der Waals surface area (Å²) in [6.45, 7) is 3.76. The molecule has 1 saturated heterocycles. The molecule has 1 aromatic carbocycles. The van der Waals surface area contributed by atoms with E-state index < -0.39 is 0 Å². The van der Waals surface area contributed by atoms with Crippen molar-refractivity contribution in [1.29, 1.82) is 5.26 Å². The Hall–Kier alpha value is -2.58. The van der Waals surface area contributed by atoms with Gasteiger partial charge in [0.05, 0.1) is 11.3 Å². The summed E-state index contributed by atoms with van der Waals surface area (Å²) in [4.78, 5) is 4.37. The topological polar surface area (TPSA) is 95.0 Å². The molecule has 1 atom stereocenters. The molecule has 5 nitrogen and oxygen atoms in total. The fraction of sp³-hybridized carbons (Fsp3) is 0.368. The molecule has 4 N–H and O–H groups in total. The van der Waals surface area contributed by atoms with Crippen molar-refractivity contribution in [2.45, 2.75) is 33.1 Å². The van der Waals surface area contributed by atoms with Crippen LogP contribution in [0.3, 0.4) is 0 Å². The molecule has 3 rings (SSSR count). The zero-order valence-electron chi connectivity index (χ0n) is 13.1. The SMILES string of the molecule is C.Cc1cccc(O)c1-c1cc(C2CCCNC2)c(C#N)c(N)n1. The third-order valence-corrected chi connectivity index (χ3v) is 4.43. The summed E-state index contributed by atoms with van der Waals surface area (Å²) in [5.41, 5.74) is 9.64. The number of nitrogens with one attached hydrogen (secondary N) is 1. The van der Waals surface area contributed by atoms with E-state index in [0.717, 1.165) is 37.1 Å². The molecule has 2 aromatic rings. The van der Waals surface area contributed by atoms with Gasteiger partial charge in [-0.2, -0.15) is 5.26 Å². The van der Waals surface area contributed by atoms with E-state index in [0.29, 0.717) is 16.8 Å². The van der Waals surface area contributed by atoms with Crippen molar-refractivity contribution in [3.63, 3.8) is 0 Å². The first kappa shape index (κ1) is 17.8. The summed E-state index contributed by atoms with van der Waals surface area (Å²) in [6, 6.07) is 9.46. The van der Waals surface area contributed by atoms with Gasteiger partial charge in [0.25, 0.3) is 0 Å². The van der Waals surface area contributed by atoms with Crippen LogP contribution in [0.2, 0.25) is 0 Å². The van der Waals surface area contributed by atoms with Gasteiger partial charge in [-0.3, -0.25) is 0 Å². The Bertz CT molecular complexity index is 753. The molecular formula is C19H24N4O. The van der Waals surface area contributed by atoms with Crippen molar-refractivity contribution < 1.29 is 5.11 Å². The van der Waals surface area contributed by atoms with Gasteiger partial charge in [-0.15, -0.1) is 0 Å². The Morgan fingerprint density at radius 3 is 2.83 bits per heavy atom. The highest BCUT2D eigenvalue weighted by atomic mass is 16.3. The number of nitrogens with two attached hydrogens (primary N) is 1. The van der Waals surface area contributed by atoms with Gasteiger partial charge in [-0.25, -0.2) is 4.98 Å². The van der Waals surface area contributed by atoms with E-state index in [1.54, 1.807) is 12.1 Å². The number of nitrogens with zero attached hydrogens (tertiary/aromatic N) is 2. The zero-order valence-corrected chi connectivity index (χ0v) is 13.1. The molecule has 1 aliphatic rings. The van der Waals surface area contributed by atoms with Gasteiger partial charge in [0.1, 0.15) is 17.6 Å². The van der Waals surface area contributed by atoms with E-state index in [4.69, 9.17) is 5.73 Å². The number of anilines is 1. The lowest BCUT2D eigenvalue weighted by atomic mass is 9.87. The summed E-state index contributed by atoms with van der Waals surface area (Å²) in [6.07, 6.45) is 2.09. The highest BCUT2D eigenvalue weighted by Gasteiger charge is 2.22. The summed E-state index contributed by atoms with van der Waals surface area (Å²) in [5, 5.41) is 23.0. The van der Waals surface area contributed by atoms with Crippen molar-refractivity contribution in [2.24, 2.45) is 0 Å². The standard InChI is InChI=1S/C18H20N4O.CH4/c1-11-4-2-6-16(23)17(11)15-8-13(12-5-3-7-21-10-12)14(9-19)18(20)22-15;/h2,4,6,8,12,21,23H,3,5,7,10H2,1H3,(H2,20,22);1H4. The van der Waals surface area contributed by atoms with Crippen molar-refractivity contribution in [1.82, 2.24) is 10.3 Å². The van der Waals surface area contributed by atoms with Gasteiger partial charge in [0.15, 0.2) is 0 Å². The number of hydrogen-bond acceptors (Lipinski definition) is 5. The van der Waals surface area contributed by atoms with Gasteiger partial charge < -0.3 is 16.2 Å². The molecule has 24 heavy (non-hydrogen) atoms. The van der Waals surface area contributed by atoms with Crippen LogP contribution in [0.5, 0.6) is 5.75 Å². The zero-order chi connectivity index (χ0) is 16.4. The fourth-order valence-corrected chi connectivity index (χ4v) is 3.26. The third-order valence-electron chi connectivity index (χ3n) is 4.43. The van der Waals surface area contributed by atoms with E-state index in [2.05, 4.69) is 16.4 Å². The molecule has 1 aliphatic heterocycles. The highest BCUT2D eigenvalue weighted by molar-refractivity contribution is 5.74. The third kappa shape index (κ3) is 3.19. The van der Waals surface area contributed by atoms with Crippen molar-refractivity contribution >= 4 is 5.82 Å². The van der Waals surface area contributed by atoms with Crippen LogP contribution in [0.25, 0.3) is 11.3 Å². The molecule has 2 heterocycles. The van der Waals surface area contributed by atoms with Crippen LogP contribution in [0.15, 0.2) is 24.3 Å². The summed E-state index contributed by atoms with van der Waals surface area (Å²) in [7, 11) is 0. The van der Waals surface area contributed by atoms with Crippen molar-refractivity contribution in [3.05, 3.63) is 41.0 Å².